The van der Waals surface area contributed by atoms with Crippen LogP contribution in [0, 0.1) is 19.3 Å². The molecule has 1 aliphatic heterocycles. The van der Waals surface area contributed by atoms with E-state index in [9.17, 15) is 4.79 Å². The fourth-order valence-corrected chi connectivity index (χ4v) is 3.81. The SMILES string of the molecule is C#CCOc1ccc(Br)cc1C1Nc2ccccc2C(=O)N1c1ccc(C)cc1. The van der Waals surface area contributed by atoms with Gasteiger partial charge < -0.3 is 10.1 Å². The van der Waals surface area contributed by atoms with E-state index >= 15 is 0 Å². The number of terminal acetylenes is 1. The van der Waals surface area contributed by atoms with Crippen LogP contribution in [-0.2, 0) is 0 Å². The molecule has 144 valence electrons. The number of hydrogen-bond acceptors (Lipinski definition) is 3. The zero-order valence-corrected chi connectivity index (χ0v) is 17.4. The highest BCUT2D eigenvalue weighted by Crippen LogP contribution is 2.40. The molecule has 0 radical (unpaired) electrons. The first-order chi connectivity index (χ1) is 14.1. The molecule has 0 aromatic heterocycles. The molecule has 0 saturated carbocycles. The number of amides is 1. The third kappa shape index (κ3) is 3.72. The van der Waals surface area contributed by atoms with Crippen LogP contribution in [0.25, 0.3) is 0 Å². The molecule has 1 N–H and O–H groups in total. The van der Waals surface area contributed by atoms with E-state index in [-0.39, 0.29) is 12.5 Å². The van der Waals surface area contributed by atoms with Gasteiger partial charge in [-0.2, -0.15) is 0 Å². The standard InChI is InChI=1S/C24H19BrN2O2/c1-3-14-29-22-13-10-17(25)15-20(22)23-26-21-7-5-4-6-19(21)24(28)27(23)18-11-8-16(2)9-12-18/h1,4-13,15,23,26H,14H2,2H3. The monoisotopic (exact) mass is 446 g/mol. The van der Waals surface area contributed by atoms with Crippen molar-refractivity contribution in [2.45, 2.75) is 13.1 Å². The number of hydrogen-bond donors (Lipinski definition) is 1. The number of para-hydroxylation sites is 1. The van der Waals surface area contributed by atoms with Gasteiger partial charge in [-0.3, -0.25) is 9.69 Å². The van der Waals surface area contributed by atoms with Crippen LogP contribution in [0.1, 0.15) is 27.7 Å². The van der Waals surface area contributed by atoms with E-state index in [0.717, 1.165) is 27.0 Å². The van der Waals surface area contributed by atoms with E-state index in [1.807, 2.05) is 73.7 Å². The summed E-state index contributed by atoms with van der Waals surface area (Å²) in [6, 6.07) is 21.1. The molecule has 4 nitrogen and oxygen atoms in total. The largest absolute Gasteiger partial charge is 0.481 e. The van der Waals surface area contributed by atoms with E-state index in [1.54, 1.807) is 4.90 Å². The van der Waals surface area contributed by atoms with Gasteiger partial charge in [-0.1, -0.05) is 51.7 Å². The van der Waals surface area contributed by atoms with Crippen molar-refractivity contribution in [3.8, 4) is 18.1 Å². The van der Waals surface area contributed by atoms with Gasteiger partial charge in [0.2, 0.25) is 0 Å². The first-order valence-corrected chi connectivity index (χ1v) is 9.99. The molecular weight excluding hydrogens is 428 g/mol. The van der Waals surface area contributed by atoms with Crippen LogP contribution in [-0.4, -0.2) is 12.5 Å². The predicted molar refractivity (Wildman–Crippen MR) is 119 cm³/mol. The summed E-state index contributed by atoms with van der Waals surface area (Å²) in [5.41, 5.74) is 4.16. The number of nitrogens with one attached hydrogen (secondary N) is 1. The maximum absolute atomic E-state index is 13.5. The molecule has 4 rings (SSSR count). The highest BCUT2D eigenvalue weighted by molar-refractivity contribution is 9.10. The lowest BCUT2D eigenvalue weighted by Gasteiger charge is -2.38. The number of fused-ring (bicyclic) bond motifs is 1. The molecule has 1 atom stereocenters. The number of carbonyl (C=O) groups is 1. The van der Waals surface area contributed by atoms with Crippen LogP contribution in [0.15, 0.2) is 71.2 Å². The van der Waals surface area contributed by atoms with Gasteiger partial charge >= 0.3 is 0 Å². The molecule has 29 heavy (non-hydrogen) atoms. The molecule has 3 aromatic carbocycles. The van der Waals surface area contributed by atoms with Crippen LogP contribution in [0.2, 0.25) is 0 Å². The van der Waals surface area contributed by atoms with Crippen molar-refractivity contribution < 1.29 is 9.53 Å². The van der Waals surface area contributed by atoms with Crippen LogP contribution < -0.4 is 15.0 Å². The van der Waals surface area contributed by atoms with Gasteiger partial charge in [0.1, 0.15) is 18.5 Å². The van der Waals surface area contributed by atoms with Crippen LogP contribution in [0.5, 0.6) is 5.75 Å². The Morgan fingerprint density at radius 3 is 2.66 bits per heavy atom. The summed E-state index contributed by atoms with van der Waals surface area (Å²) in [6.45, 7) is 2.17. The quantitative estimate of drug-likeness (QED) is 0.534. The molecule has 0 aliphatic carbocycles. The van der Waals surface area contributed by atoms with Gasteiger partial charge in [-0.15, -0.1) is 6.42 Å². The first-order valence-electron chi connectivity index (χ1n) is 9.20. The second-order valence-corrected chi connectivity index (χ2v) is 7.69. The average Bonchev–Trinajstić information content (AvgIpc) is 2.74. The normalized spacial score (nSPS) is 15.3. The van der Waals surface area contributed by atoms with E-state index in [2.05, 4.69) is 27.2 Å². The molecule has 0 saturated heterocycles. The minimum atomic E-state index is -0.453. The third-order valence-electron chi connectivity index (χ3n) is 4.82. The summed E-state index contributed by atoms with van der Waals surface area (Å²) in [4.78, 5) is 15.3. The molecule has 1 aliphatic rings. The number of benzene rings is 3. The van der Waals surface area contributed by atoms with Gasteiger partial charge in [0.05, 0.1) is 5.56 Å². The maximum atomic E-state index is 13.5. The lowest BCUT2D eigenvalue weighted by molar-refractivity contribution is 0.0974. The van der Waals surface area contributed by atoms with E-state index in [4.69, 9.17) is 11.2 Å². The zero-order chi connectivity index (χ0) is 20.4. The van der Waals surface area contributed by atoms with Crippen molar-refractivity contribution in [3.05, 3.63) is 87.9 Å². The number of nitrogens with zero attached hydrogens (tertiary/aromatic N) is 1. The van der Waals surface area contributed by atoms with E-state index in [0.29, 0.717) is 11.3 Å². The number of aryl methyl sites for hydroxylation is 1. The molecular formula is C24H19BrN2O2. The molecule has 5 heteroatoms. The number of rotatable bonds is 4. The van der Waals surface area contributed by atoms with Gasteiger partial charge in [0.15, 0.2) is 0 Å². The van der Waals surface area contributed by atoms with Gasteiger partial charge in [-0.05, 0) is 49.4 Å². The Kier molecular flexibility index (Phi) is 5.28. The average molecular weight is 447 g/mol. The van der Waals surface area contributed by atoms with E-state index < -0.39 is 6.17 Å². The number of anilines is 2. The van der Waals surface area contributed by atoms with Crippen molar-refractivity contribution in [2.75, 3.05) is 16.8 Å². The minimum Gasteiger partial charge on any atom is -0.481 e. The van der Waals surface area contributed by atoms with Crippen LogP contribution in [0.3, 0.4) is 0 Å². The predicted octanol–water partition coefficient (Wildman–Crippen LogP) is 5.54. The Hall–Kier alpha value is -3.23. The summed E-state index contributed by atoms with van der Waals surface area (Å²) in [7, 11) is 0. The lowest BCUT2D eigenvalue weighted by Crippen LogP contribution is -2.43. The Morgan fingerprint density at radius 2 is 1.90 bits per heavy atom. The lowest BCUT2D eigenvalue weighted by atomic mass is 10.0. The van der Waals surface area contributed by atoms with Crippen molar-refractivity contribution in [1.82, 2.24) is 0 Å². The maximum Gasteiger partial charge on any atom is 0.262 e. The fraction of sp³-hybridized carbons (Fsp3) is 0.125. The van der Waals surface area contributed by atoms with Crippen LogP contribution >= 0.6 is 15.9 Å². The van der Waals surface area contributed by atoms with Crippen molar-refractivity contribution in [2.24, 2.45) is 0 Å². The Morgan fingerprint density at radius 1 is 1.14 bits per heavy atom. The Balaban J connectivity index is 1.88. The van der Waals surface area contributed by atoms with Gasteiger partial charge in [0.25, 0.3) is 5.91 Å². The number of carbonyl (C=O) groups excluding carboxylic acids is 1. The summed E-state index contributed by atoms with van der Waals surface area (Å²) in [5, 5.41) is 3.50. The highest BCUT2D eigenvalue weighted by Gasteiger charge is 2.35. The molecule has 1 heterocycles. The number of ether oxygens (including phenoxy) is 1. The second kappa shape index (κ2) is 8.02. The summed E-state index contributed by atoms with van der Waals surface area (Å²) >= 11 is 3.54. The minimum absolute atomic E-state index is 0.0731. The first kappa shape index (κ1) is 19.1. The summed E-state index contributed by atoms with van der Waals surface area (Å²) in [5.74, 6) is 3.06. The summed E-state index contributed by atoms with van der Waals surface area (Å²) < 4.78 is 6.67. The molecule has 1 amide bonds. The van der Waals surface area contributed by atoms with E-state index in [1.165, 1.54) is 0 Å². The zero-order valence-electron chi connectivity index (χ0n) is 15.9. The van der Waals surface area contributed by atoms with Crippen molar-refractivity contribution >= 4 is 33.2 Å². The third-order valence-corrected chi connectivity index (χ3v) is 5.31. The molecule has 1 unspecified atom stereocenters. The molecule has 0 spiro atoms. The molecule has 0 bridgehead atoms. The fourth-order valence-electron chi connectivity index (χ4n) is 3.43. The summed E-state index contributed by atoms with van der Waals surface area (Å²) in [6.07, 6.45) is 4.93. The van der Waals surface area contributed by atoms with Gasteiger partial charge in [-0.25, -0.2) is 0 Å². The van der Waals surface area contributed by atoms with Crippen LogP contribution in [0.4, 0.5) is 11.4 Å². The Labute approximate surface area is 178 Å². The van der Waals surface area contributed by atoms with Crippen molar-refractivity contribution in [1.29, 1.82) is 0 Å². The second-order valence-electron chi connectivity index (χ2n) is 6.78. The number of halogens is 1. The van der Waals surface area contributed by atoms with Gasteiger partial charge in [0, 0.05) is 21.4 Å². The Bertz CT molecular complexity index is 1100. The highest BCUT2D eigenvalue weighted by atomic mass is 79.9. The topological polar surface area (TPSA) is 41.6 Å². The molecule has 0 fully saturated rings. The smallest absolute Gasteiger partial charge is 0.262 e. The van der Waals surface area contributed by atoms with Crippen molar-refractivity contribution in [3.63, 3.8) is 0 Å². The molecule has 3 aromatic rings.